The molecule has 1 atom stereocenters. The van der Waals surface area contributed by atoms with Crippen LogP contribution in [0.3, 0.4) is 0 Å². The van der Waals surface area contributed by atoms with Gasteiger partial charge in [0.25, 0.3) is 11.8 Å². The summed E-state index contributed by atoms with van der Waals surface area (Å²) in [5.74, 6) is 0.172. The number of rotatable bonds is 4. The minimum Gasteiger partial charge on any atom is -0.467 e. The Bertz CT molecular complexity index is 878. The maximum absolute atomic E-state index is 12.6. The van der Waals surface area contributed by atoms with E-state index in [1.165, 1.54) is 6.20 Å². The minimum atomic E-state index is -0.648. The van der Waals surface area contributed by atoms with Gasteiger partial charge < -0.3 is 19.5 Å². The molecule has 0 saturated carbocycles. The fraction of sp³-hybridized carbons (Fsp3) is 0.389. The van der Waals surface area contributed by atoms with Gasteiger partial charge in [0.1, 0.15) is 17.2 Å². The quantitative estimate of drug-likeness (QED) is 0.863. The number of oxime groups is 1. The Hall–Kier alpha value is -3.23. The molecular weight excluding hydrogens is 350 g/mol. The molecule has 9 heteroatoms. The molecule has 9 nitrogen and oxygen atoms in total. The number of carbonyl (C=O) groups excluding carboxylic acids is 2. The lowest BCUT2D eigenvalue weighted by molar-refractivity contribution is -0.115. The number of nitrogens with zero attached hydrogens (tertiary/aromatic N) is 4. The second kappa shape index (κ2) is 6.82. The summed E-state index contributed by atoms with van der Waals surface area (Å²) in [6.07, 6.45) is 5.56. The van der Waals surface area contributed by atoms with Crippen molar-refractivity contribution in [3.05, 3.63) is 47.9 Å². The zero-order chi connectivity index (χ0) is 18.9. The van der Waals surface area contributed by atoms with Crippen LogP contribution in [0.2, 0.25) is 0 Å². The van der Waals surface area contributed by atoms with Crippen LogP contribution in [0.4, 0.5) is 0 Å². The molecule has 2 aliphatic heterocycles. The van der Waals surface area contributed by atoms with Gasteiger partial charge in [-0.1, -0.05) is 5.16 Å². The van der Waals surface area contributed by atoms with Crippen LogP contribution in [0, 0.1) is 6.92 Å². The normalized spacial score (nSPS) is 21.2. The first-order valence-corrected chi connectivity index (χ1v) is 8.68. The summed E-state index contributed by atoms with van der Waals surface area (Å²) < 4.78 is 5.19. The SMILES string of the molecule is Cc1cnc(C(=O)N2CC[C@@]3(CC(C(=O)NCc4ccco4)=NO3)C2)cn1. The average molecular weight is 369 g/mol. The molecule has 27 heavy (non-hydrogen) atoms. The van der Waals surface area contributed by atoms with Crippen LogP contribution in [-0.4, -0.2) is 51.1 Å². The molecule has 1 fully saturated rings. The number of likely N-dealkylation sites (tertiary alicyclic amines) is 1. The molecule has 0 aromatic carbocycles. The highest BCUT2D eigenvalue weighted by atomic mass is 16.7. The van der Waals surface area contributed by atoms with Crippen molar-refractivity contribution < 1.29 is 18.8 Å². The number of nitrogens with one attached hydrogen (secondary N) is 1. The molecule has 1 saturated heterocycles. The molecule has 4 heterocycles. The Morgan fingerprint density at radius 1 is 1.33 bits per heavy atom. The molecule has 2 aromatic heterocycles. The van der Waals surface area contributed by atoms with Gasteiger partial charge in [0.05, 0.1) is 31.2 Å². The van der Waals surface area contributed by atoms with Crippen LogP contribution >= 0.6 is 0 Å². The molecule has 0 unspecified atom stereocenters. The largest absolute Gasteiger partial charge is 0.467 e. The van der Waals surface area contributed by atoms with Gasteiger partial charge in [-0.05, 0) is 19.1 Å². The molecule has 2 aromatic rings. The Morgan fingerprint density at radius 2 is 2.22 bits per heavy atom. The van der Waals surface area contributed by atoms with E-state index in [0.717, 1.165) is 5.69 Å². The lowest BCUT2D eigenvalue weighted by atomic mass is 9.96. The molecule has 4 rings (SSSR count). The maximum atomic E-state index is 12.6. The Labute approximate surface area is 155 Å². The second-order valence-electron chi connectivity index (χ2n) is 6.77. The molecule has 1 spiro atoms. The fourth-order valence-corrected chi connectivity index (χ4v) is 3.23. The average Bonchev–Trinajstić information content (AvgIpc) is 3.42. The third-order valence-corrected chi connectivity index (χ3v) is 4.71. The van der Waals surface area contributed by atoms with E-state index in [2.05, 4.69) is 20.4 Å². The van der Waals surface area contributed by atoms with E-state index in [-0.39, 0.29) is 18.4 Å². The standard InChI is InChI=1S/C18H19N5O4/c1-12-8-20-15(10-19-12)17(25)23-5-4-18(11-23)7-14(22-27-18)16(24)21-9-13-3-2-6-26-13/h2-3,6,8,10H,4-5,7,9,11H2,1H3,(H,21,24)/t18-/m1/s1. The van der Waals surface area contributed by atoms with E-state index in [0.29, 0.717) is 43.1 Å². The Kier molecular flexibility index (Phi) is 4.35. The number of hydrogen-bond donors (Lipinski definition) is 1. The van der Waals surface area contributed by atoms with E-state index in [1.807, 2.05) is 6.92 Å². The monoisotopic (exact) mass is 369 g/mol. The Morgan fingerprint density at radius 3 is 2.96 bits per heavy atom. The summed E-state index contributed by atoms with van der Waals surface area (Å²) in [6.45, 7) is 2.98. The smallest absolute Gasteiger partial charge is 0.274 e. The van der Waals surface area contributed by atoms with E-state index in [4.69, 9.17) is 9.25 Å². The van der Waals surface area contributed by atoms with E-state index >= 15 is 0 Å². The molecule has 0 aliphatic carbocycles. The third-order valence-electron chi connectivity index (χ3n) is 4.71. The van der Waals surface area contributed by atoms with Gasteiger partial charge in [-0.3, -0.25) is 14.6 Å². The van der Waals surface area contributed by atoms with Crippen LogP contribution in [0.5, 0.6) is 0 Å². The molecule has 0 bridgehead atoms. The number of aromatic nitrogens is 2. The zero-order valence-corrected chi connectivity index (χ0v) is 14.8. The lowest BCUT2D eigenvalue weighted by Gasteiger charge is -2.21. The highest BCUT2D eigenvalue weighted by Gasteiger charge is 2.48. The second-order valence-corrected chi connectivity index (χ2v) is 6.77. The van der Waals surface area contributed by atoms with Crippen LogP contribution in [0.1, 0.15) is 34.8 Å². The summed E-state index contributed by atoms with van der Waals surface area (Å²) in [5, 5.41) is 6.71. The van der Waals surface area contributed by atoms with Crippen LogP contribution in [-0.2, 0) is 16.2 Å². The Balaban J connectivity index is 1.34. The first kappa shape index (κ1) is 17.2. The molecule has 0 radical (unpaired) electrons. The van der Waals surface area contributed by atoms with Gasteiger partial charge in [0, 0.05) is 25.6 Å². The first-order chi connectivity index (χ1) is 13.0. The molecule has 2 amide bonds. The van der Waals surface area contributed by atoms with Gasteiger partial charge in [-0.2, -0.15) is 0 Å². The van der Waals surface area contributed by atoms with Crippen molar-refractivity contribution in [2.75, 3.05) is 13.1 Å². The number of furan rings is 1. The van der Waals surface area contributed by atoms with Crippen molar-refractivity contribution in [2.24, 2.45) is 5.16 Å². The van der Waals surface area contributed by atoms with Crippen molar-refractivity contribution in [3.8, 4) is 0 Å². The third kappa shape index (κ3) is 3.53. The van der Waals surface area contributed by atoms with Gasteiger partial charge in [-0.25, -0.2) is 4.98 Å². The van der Waals surface area contributed by atoms with Crippen LogP contribution < -0.4 is 5.32 Å². The molecule has 1 N–H and O–H groups in total. The van der Waals surface area contributed by atoms with Crippen molar-refractivity contribution in [1.29, 1.82) is 0 Å². The zero-order valence-electron chi connectivity index (χ0n) is 14.8. The van der Waals surface area contributed by atoms with Gasteiger partial charge in [0.15, 0.2) is 5.60 Å². The van der Waals surface area contributed by atoms with Gasteiger partial charge in [-0.15, -0.1) is 0 Å². The summed E-state index contributed by atoms with van der Waals surface area (Å²) >= 11 is 0. The maximum Gasteiger partial charge on any atom is 0.274 e. The van der Waals surface area contributed by atoms with Gasteiger partial charge >= 0.3 is 0 Å². The van der Waals surface area contributed by atoms with Crippen molar-refractivity contribution >= 4 is 17.5 Å². The minimum absolute atomic E-state index is 0.196. The molecular formula is C18H19N5O4. The highest BCUT2D eigenvalue weighted by Crippen LogP contribution is 2.34. The topological polar surface area (TPSA) is 110 Å². The van der Waals surface area contributed by atoms with Crippen LogP contribution in [0.15, 0.2) is 40.4 Å². The molecule has 140 valence electrons. The van der Waals surface area contributed by atoms with E-state index < -0.39 is 5.60 Å². The fourth-order valence-electron chi connectivity index (χ4n) is 3.23. The summed E-state index contributed by atoms with van der Waals surface area (Å²) in [6, 6.07) is 3.54. The van der Waals surface area contributed by atoms with Crippen molar-refractivity contribution in [1.82, 2.24) is 20.2 Å². The molecule has 2 aliphatic rings. The lowest BCUT2D eigenvalue weighted by Crippen LogP contribution is -2.38. The number of hydrogen-bond acceptors (Lipinski definition) is 7. The number of amides is 2. The predicted octanol–water partition coefficient (Wildman–Crippen LogP) is 1.06. The number of aryl methyl sites for hydroxylation is 1. The first-order valence-electron chi connectivity index (χ1n) is 8.68. The summed E-state index contributed by atoms with van der Waals surface area (Å²) in [7, 11) is 0. The van der Waals surface area contributed by atoms with Crippen LogP contribution in [0.25, 0.3) is 0 Å². The van der Waals surface area contributed by atoms with Gasteiger partial charge in [0.2, 0.25) is 0 Å². The highest BCUT2D eigenvalue weighted by molar-refractivity contribution is 6.39. The number of carbonyl (C=O) groups is 2. The van der Waals surface area contributed by atoms with E-state index in [9.17, 15) is 9.59 Å². The summed E-state index contributed by atoms with van der Waals surface area (Å²) in [5.41, 5.74) is 0.728. The summed E-state index contributed by atoms with van der Waals surface area (Å²) in [4.78, 5) is 40.4. The van der Waals surface area contributed by atoms with Crippen molar-refractivity contribution in [3.63, 3.8) is 0 Å². The van der Waals surface area contributed by atoms with E-state index in [1.54, 1.807) is 29.5 Å². The van der Waals surface area contributed by atoms with Crippen molar-refractivity contribution in [2.45, 2.75) is 31.9 Å². The predicted molar refractivity (Wildman–Crippen MR) is 93.7 cm³/mol.